The molecule has 2 amide bonds. The van der Waals surface area contributed by atoms with Crippen LogP contribution in [0.25, 0.3) is 0 Å². The van der Waals surface area contributed by atoms with Gasteiger partial charge in [0.15, 0.2) is 0 Å². The number of amides is 2. The van der Waals surface area contributed by atoms with Crippen molar-refractivity contribution in [3.8, 4) is 0 Å². The predicted molar refractivity (Wildman–Crippen MR) is 54.0 cm³/mol. The van der Waals surface area contributed by atoms with Crippen molar-refractivity contribution in [3.63, 3.8) is 0 Å². The molecule has 1 rings (SSSR count). The van der Waals surface area contributed by atoms with Gasteiger partial charge < -0.3 is 5.73 Å². The van der Waals surface area contributed by atoms with Gasteiger partial charge in [-0.25, -0.2) is 14.6 Å². The Balaban J connectivity index is 0.00000169. The van der Waals surface area contributed by atoms with Crippen LogP contribution < -0.4 is 11.2 Å². The number of hydrogen-bond donors (Lipinski definition) is 2. The van der Waals surface area contributed by atoms with Crippen LogP contribution in [0.15, 0.2) is 29.4 Å². The molecule has 0 fully saturated rings. The van der Waals surface area contributed by atoms with E-state index in [1.54, 1.807) is 12.1 Å². The number of nitrogens with zero attached hydrogens (tertiary/aromatic N) is 1. The molecule has 0 radical (unpaired) electrons. The fourth-order valence-electron chi connectivity index (χ4n) is 0.757. The minimum atomic E-state index is -0.757. The van der Waals surface area contributed by atoms with Crippen LogP contribution in [0.1, 0.15) is 5.56 Å². The molecule has 76 valence electrons. The zero-order valence-electron chi connectivity index (χ0n) is 7.11. The Morgan fingerprint density at radius 3 is 2.86 bits per heavy atom. The van der Waals surface area contributed by atoms with Gasteiger partial charge in [-0.2, -0.15) is 5.10 Å². The third kappa shape index (κ3) is 4.42. The van der Waals surface area contributed by atoms with Crippen molar-refractivity contribution in [2.24, 2.45) is 10.8 Å². The second-order valence-corrected chi connectivity index (χ2v) is 2.29. The van der Waals surface area contributed by atoms with Gasteiger partial charge >= 0.3 is 6.03 Å². The number of urea groups is 1. The third-order valence-electron chi connectivity index (χ3n) is 1.24. The van der Waals surface area contributed by atoms with Crippen molar-refractivity contribution >= 4 is 24.7 Å². The van der Waals surface area contributed by atoms with Crippen molar-refractivity contribution < 1.29 is 9.18 Å². The van der Waals surface area contributed by atoms with E-state index in [-0.39, 0.29) is 18.2 Å². The Morgan fingerprint density at radius 1 is 1.57 bits per heavy atom. The van der Waals surface area contributed by atoms with Gasteiger partial charge in [0.25, 0.3) is 0 Å². The molecule has 6 heteroatoms. The van der Waals surface area contributed by atoms with Gasteiger partial charge in [-0.15, -0.1) is 12.4 Å². The maximum atomic E-state index is 12.6. The number of carbonyl (C=O) groups is 1. The molecule has 0 aliphatic carbocycles. The van der Waals surface area contributed by atoms with Crippen LogP contribution >= 0.6 is 12.4 Å². The summed E-state index contributed by atoms with van der Waals surface area (Å²) < 4.78 is 12.6. The van der Waals surface area contributed by atoms with Crippen molar-refractivity contribution in [1.82, 2.24) is 5.43 Å². The molecular weight excluding hydrogens is 209 g/mol. The normalized spacial score (nSPS) is 9.50. The summed E-state index contributed by atoms with van der Waals surface area (Å²) in [6.07, 6.45) is 1.30. The molecule has 0 atom stereocenters. The summed E-state index contributed by atoms with van der Waals surface area (Å²) in [7, 11) is 0. The molecule has 14 heavy (non-hydrogen) atoms. The van der Waals surface area contributed by atoms with E-state index >= 15 is 0 Å². The summed E-state index contributed by atoms with van der Waals surface area (Å²) in [4.78, 5) is 10.2. The van der Waals surface area contributed by atoms with Crippen LogP contribution in [-0.4, -0.2) is 12.2 Å². The maximum absolute atomic E-state index is 12.6. The molecular formula is C8H9ClFN3O. The number of primary amides is 1. The van der Waals surface area contributed by atoms with Crippen LogP contribution in [0, 0.1) is 5.82 Å². The number of rotatable bonds is 2. The number of hydrazone groups is 1. The summed E-state index contributed by atoms with van der Waals surface area (Å²) in [5.41, 5.74) is 7.30. The van der Waals surface area contributed by atoms with Gasteiger partial charge in [-0.05, 0) is 17.7 Å². The summed E-state index contributed by atoms with van der Waals surface area (Å²) in [6.45, 7) is 0. The molecule has 0 spiro atoms. The largest absolute Gasteiger partial charge is 0.350 e. The molecule has 0 bridgehead atoms. The molecule has 0 aliphatic heterocycles. The molecule has 0 aromatic heterocycles. The van der Waals surface area contributed by atoms with Crippen molar-refractivity contribution in [1.29, 1.82) is 0 Å². The summed E-state index contributed by atoms with van der Waals surface area (Å²) in [5.74, 6) is -0.358. The number of benzene rings is 1. The van der Waals surface area contributed by atoms with E-state index in [0.717, 1.165) is 0 Å². The van der Waals surface area contributed by atoms with E-state index in [9.17, 15) is 9.18 Å². The van der Waals surface area contributed by atoms with Gasteiger partial charge in [0, 0.05) is 0 Å². The van der Waals surface area contributed by atoms with Crippen molar-refractivity contribution in [3.05, 3.63) is 35.6 Å². The van der Waals surface area contributed by atoms with E-state index in [0.29, 0.717) is 5.56 Å². The quantitative estimate of drug-likeness (QED) is 0.568. The summed E-state index contributed by atoms with van der Waals surface area (Å²) in [6, 6.07) is 5.04. The number of halogens is 2. The van der Waals surface area contributed by atoms with Gasteiger partial charge in [-0.3, -0.25) is 0 Å². The van der Waals surface area contributed by atoms with E-state index in [1.165, 1.54) is 18.3 Å². The molecule has 0 aliphatic rings. The molecule has 1 aromatic rings. The standard InChI is InChI=1S/C8H8FN3O.ClH/c9-7-3-1-2-6(4-7)5-11-12-8(10)13;/h1-5H,(H3,10,12,13);1H/b11-5+;. The van der Waals surface area contributed by atoms with Gasteiger partial charge in [0.05, 0.1) is 6.21 Å². The Hall–Kier alpha value is -1.62. The lowest BCUT2D eigenvalue weighted by atomic mass is 10.2. The first-order valence-corrected chi connectivity index (χ1v) is 3.52. The van der Waals surface area contributed by atoms with E-state index < -0.39 is 6.03 Å². The molecule has 4 nitrogen and oxygen atoms in total. The zero-order valence-corrected chi connectivity index (χ0v) is 7.92. The molecule has 0 saturated heterocycles. The fraction of sp³-hybridized carbons (Fsp3) is 0. The Labute approximate surface area is 86.4 Å². The highest BCUT2D eigenvalue weighted by atomic mass is 35.5. The lowest BCUT2D eigenvalue weighted by Gasteiger charge is -1.93. The molecule has 1 aromatic carbocycles. The number of carbonyl (C=O) groups excluding carboxylic acids is 1. The highest BCUT2D eigenvalue weighted by molar-refractivity contribution is 5.85. The maximum Gasteiger partial charge on any atom is 0.332 e. The van der Waals surface area contributed by atoms with Gasteiger partial charge in [0.1, 0.15) is 5.82 Å². The zero-order chi connectivity index (χ0) is 9.68. The first-order valence-electron chi connectivity index (χ1n) is 3.52. The smallest absolute Gasteiger partial charge is 0.332 e. The first-order chi connectivity index (χ1) is 6.18. The van der Waals surface area contributed by atoms with Gasteiger partial charge in [0.2, 0.25) is 0 Å². The minimum Gasteiger partial charge on any atom is -0.350 e. The lowest BCUT2D eigenvalue weighted by molar-refractivity contribution is 0.249. The molecule has 0 saturated carbocycles. The number of hydrogen-bond acceptors (Lipinski definition) is 2. The van der Waals surface area contributed by atoms with Crippen molar-refractivity contribution in [2.75, 3.05) is 0 Å². The Morgan fingerprint density at radius 2 is 2.29 bits per heavy atom. The van der Waals surface area contributed by atoms with Crippen LogP contribution in [0.3, 0.4) is 0 Å². The molecule has 3 N–H and O–H groups in total. The lowest BCUT2D eigenvalue weighted by Crippen LogP contribution is -2.24. The summed E-state index contributed by atoms with van der Waals surface area (Å²) in [5, 5.41) is 3.47. The van der Waals surface area contributed by atoms with Crippen LogP contribution in [0.4, 0.5) is 9.18 Å². The molecule has 0 heterocycles. The second kappa shape index (κ2) is 5.93. The highest BCUT2D eigenvalue weighted by Gasteiger charge is 1.90. The van der Waals surface area contributed by atoms with Crippen molar-refractivity contribution in [2.45, 2.75) is 0 Å². The summed E-state index contributed by atoms with van der Waals surface area (Å²) >= 11 is 0. The second-order valence-electron chi connectivity index (χ2n) is 2.29. The third-order valence-corrected chi connectivity index (χ3v) is 1.24. The van der Waals surface area contributed by atoms with E-state index in [2.05, 4.69) is 5.10 Å². The number of nitrogens with one attached hydrogen (secondary N) is 1. The van der Waals surface area contributed by atoms with Crippen LogP contribution in [0.5, 0.6) is 0 Å². The van der Waals surface area contributed by atoms with Crippen LogP contribution in [0.2, 0.25) is 0 Å². The minimum absolute atomic E-state index is 0. The van der Waals surface area contributed by atoms with E-state index in [4.69, 9.17) is 5.73 Å². The van der Waals surface area contributed by atoms with Crippen LogP contribution in [-0.2, 0) is 0 Å². The fourth-order valence-corrected chi connectivity index (χ4v) is 0.757. The Kier molecular flexibility index (Phi) is 5.24. The SMILES string of the molecule is Cl.NC(=O)N/N=C/c1cccc(F)c1. The predicted octanol–water partition coefficient (Wildman–Crippen LogP) is 1.25. The topological polar surface area (TPSA) is 67.5 Å². The first kappa shape index (κ1) is 12.4. The molecule has 0 unspecified atom stereocenters. The Bertz CT molecular complexity index is 343. The highest BCUT2D eigenvalue weighted by Crippen LogP contribution is 1.99. The number of nitrogens with two attached hydrogens (primary N) is 1. The van der Waals surface area contributed by atoms with Gasteiger partial charge in [-0.1, -0.05) is 12.1 Å². The average Bonchev–Trinajstić information content (AvgIpc) is 2.03. The monoisotopic (exact) mass is 217 g/mol. The average molecular weight is 218 g/mol. The van der Waals surface area contributed by atoms with E-state index in [1.807, 2.05) is 5.43 Å².